The van der Waals surface area contributed by atoms with E-state index in [4.69, 9.17) is 4.52 Å². The van der Waals surface area contributed by atoms with Crippen LogP contribution in [0.1, 0.15) is 11.3 Å². The van der Waals surface area contributed by atoms with Crippen LogP contribution in [0.3, 0.4) is 0 Å². The van der Waals surface area contributed by atoms with Crippen molar-refractivity contribution in [1.82, 2.24) is 20.3 Å². The highest BCUT2D eigenvalue weighted by Crippen LogP contribution is 2.16. The van der Waals surface area contributed by atoms with E-state index in [1.54, 1.807) is 6.07 Å². The number of rotatable bonds is 4. The van der Waals surface area contributed by atoms with E-state index < -0.39 is 0 Å². The Balaban J connectivity index is 1.75. The predicted molar refractivity (Wildman–Crippen MR) is 78.8 cm³/mol. The van der Waals surface area contributed by atoms with Gasteiger partial charge in [0.1, 0.15) is 5.76 Å². The Kier molecular flexibility index (Phi) is 3.46. The Morgan fingerprint density at radius 3 is 2.52 bits per heavy atom. The molecular weight excluding hydrogens is 268 g/mol. The number of nitrogens with one attached hydrogen (secondary N) is 2. The van der Waals surface area contributed by atoms with E-state index in [1.807, 2.05) is 38.1 Å². The smallest absolute Gasteiger partial charge is 0.249 e. The summed E-state index contributed by atoms with van der Waals surface area (Å²) in [4.78, 5) is 4.32. The van der Waals surface area contributed by atoms with Crippen molar-refractivity contribution in [1.29, 1.82) is 0 Å². The van der Waals surface area contributed by atoms with Crippen LogP contribution in [-0.2, 0) is 0 Å². The molecule has 0 spiro atoms. The summed E-state index contributed by atoms with van der Waals surface area (Å²) in [7, 11) is 0. The molecule has 1 aromatic carbocycles. The monoisotopic (exact) mass is 282 g/mol. The van der Waals surface area contributed by atoms with Crippen LogP contribution in [0.4, 0.5) is 23.3 Å². The summed E-state index contributed by atoms with van der Waals surface area (Å²) in [5.41, 5.74) is 2.09. The zero-order valence-electron chi connectivity index (χ0n) is 11.7. The molecule has 2 heterocycles. The Hall–Kier alpha value is -2.96. The second-order valence-electron chi connectivity index (χ2n) is 4.60. The van der Waals surface area contributed by atoms with Crippen LogP contribution >= 0.6 is 0 Å². The van der Waals surface area contributed by atoms with Crippen molar-refractivity contribution < 1.29 is 4.52 Å². The van der Waals surface area contributed by atoms with Crippen molar-refractivity contribution in [2.45, 2.75) is 13.8 Å². The summed E-state index contributed by atoms with van der Waals surface area (Å²) in [5, 5.41) is 17.8. The third-order valence-corrected chi connectivity index (χ3v) is 2.75. The van der Waals surface area contributed by atoms with Gasteiger partial charge in [-0.2, -0.15) is 10.1 Å². The molecule has 0 bridgehead atoms. The highest BCUT2D eigenvalue weighted by atomic mass is 16.5. The zero-order chi connectivity index (χ0) is 14.7. The van der Waals surface area contributed by atoms with Gasteiger partial charge in [0.2, 0.25) is 5.95 Å². The Bertz CT molecular complexity index is 737. The first-order valence-corrected chi connectivity index (χ1v) is 6.43. The minimum Gasteiger partial charge on any atom is -0.360 e. The summed E-state index contributed by atoms with van der Waals surface area (Å²) in [5.74, 6) is 2.24. The van der Waals surface area contributed by atoms with Crippen LogP contribution in [0.5, 0.6) is 0 Å². The largest absolute Gasteiger partial charge is 0.360 e. The molecule has 2 aromatic heterocycles. The molecule has 0 amide bonds. The van der Waals surface area contributed by atoms with Crippen molar-refractivity contribution in [3.05, 3.63) is 47.9 Å². The van der Waals surface area contributed by atoms with Crippen LogP contribution in [0.2, 0.25) is 0 Å². The van der Waals surface area contributed by atoms with E-state index in [0.29, 0.717) is 17.6 Å². The number of hydrogen-bond donors (Lipinski definition) is 2. The highest BCUT2D eigenvalue weighted by Gasteiger charge is 2.04. The van der Waals surface area contributed by atoms with Gasteiger partial charge in [0.25, 0.3) is 0 Å². The number of benzene rings is 1. The first-order valence-electron chi connectivity index (χ1n) is 6.43. The summed E-state index contributed by atoms with van der Waals surface area (Å²) >= 11 is 0. The average molecular weight is 282 g/mol. The van der Waals surface area contributed by atoms with Crippen molar-refractivity contribution >= 4 is 23.3 Å². The van der Waals surface area contributed by atoms with Gasteiger partial charge in [-0.15, -0.1) is 5.10 Å². The molecule has 7 nitrogen and oxygen atoms in total. The van der Waals surface area contributed by atoms with E-state index in [0.717, 1.165) is 11.4 Å². The van der Waals surface area contributed by atoms with Crippen molar-refractivity contribution in [3.8, 4) is 0 Å². The molecule has 3 aromatic rings. The molecule has 0 saturated heterocycles. The summed E-state index contributed by atoms with van der Waals surface area (Å²) in [6.07, 6.45) is 1.52. The van der Waals surface area contributed by atoms with E-state index in [-0.39, 0.29) is 0 Å². The first kappa shape index (κ1) is 13.0. The fraction of sp³-hybridized carbons (Fsp3) is 0.143. The van der Waals surface area contributed by atoms with Gasteiger partial charge < -0.3 is 15.2 Å². The second-order valence-corrected chi connectivity index (χ2v) is 4.60. The molecular formula is C14H14N6O. The topological polar surface area (TPSA) is 88.8 Å². The molecule has 0 atom stereocenters. The van der Waals surface area contributed by atoms with Gasteiger partial charge >= 0.3 is 0 Å². The van der Waals surface area contributed by atoms with Crippen molar-refractivity contribution in [2.24, 2.45) is 0 Å². The van der Waals surface area contributed by atoms with Crippen LogP contribution in [0.15, 0.2) is 41.1 Å². The summed E-state index contributed by atoms with van der Waals surface area (Å²) < 4.78 is 4.98. The Morgan fingerprint density at radius 2 is 1.81 bits per heavy atom. The van der Waals surface area contributed by atoms with Gasteiger partial charge in [-0.25, -0.2) is 0 Å². The maximum Gasteiger partial charge on any atom is 0.249 e. The van der Waals surface area contributed by atoms with Crippen LogP contribution < -0.4 is 10.6 Å². The molecule has 106 valence electrons. The lowest BCUT2D eigenvalue weighted by Crippen LogP contribution is -2.02. The van der Waals surface area contributed by atoms with Crippen LogP contribution in [0, 0.1) is 13.8 Å². The fourth-order valence-corrected chi connectivity index (χ4v) is 1.74. The number of nitrogens with zero attached hydrogens (tertiary/aromatic N) is 4. The Labute approximate surface area is 121 Å². The lowest BCUT2D eigenvalue weighted by molar-refractivity contribution is 0.400. The molecule has 0 aliphatic heterocycles. The standard InChI is InChI=1S/C14H14N6O/c1-9-3-5-11(6-4-9)16-14-18-13(8-15-19-14)17-12-7-10(2)21-20-12/h3-8H,1-2H3,(H2,16,17,18,19,20). The maximum atomic E-state index is 4.98. The average Bonchev–Trinajstić information content (AvgIpc) is 2.87. The van der Waals surface area contributed by atoms with Gasteiger partial charge in [0.15, 0.2) is 11.6 Å². The van der Waals surface area contributed by atoms with E-state index >= 15 is 0 Å². The van der Waals surface area contributed by atoms with Crippen LogP contribution in [0.25, 0.3) is 0 Å². The fourth-order valence-electron chi connectivity index (χ4n) is 1.74. The van der Waals surface area contributed by atoms with E-state index in [9.17, 15) is 0 Å². The zero-order valence-corrected chi connectivity index (χ0v) is 11.7. The van der Waals surface area contributed by atoms with Gasteiger partial charge in [-0.05, 0) is 26.0 Å². The number of anilines is 4. The molecule has 0 aliphatic carbocycles. The van der Waals surface area contributed by atoms with Gasteiger partial charge in [-0.1, -0.05) is 22.9 Å². The summed E-state index contributed by atoms with van der Waals surface area (Å²) in [6.45, 7) is 3.85. The lowest BCUT2D eigenvalue weighted by Gasteiger charge is -2.06. The minimum absolute atomic E-state index is 0.407. The van der Waals surface area contributed by atoms with Gasteiger partial charge in [0.05, 0.1) is 6.20 Å². The predicted octanol–water partition coefficient (Wildman–Crippen LogP) is 2.96. The molecule has 0 saturated carbocycles. The summed E-state index contributed by atoms with van der Waals surface area (Å²) in [6, 6.07) is 9.71. The molecule has 0 radical (unpaired) electrons. The molecule has 0 fully saturated rings. The Morgan fingerprint density at radius 1 is 1.00 bits per heavy atom. The van der Waals surface area contributed by atoms with Gasteiger partial charge in [0, 0.05) is 11.8 Å². The number of hydrogen-bond acceptors (Lipinski definition) is 7. The lowest BCUT2D eigenvalue weighted by atomic mass is 10.2. The third-order valence-electron chi connectivity index (χ3n) is 2.75. The molecule has 21 heavy (non-hydrogen) atoms. The normalized spacial score (nSPS) is 10.4. The van der Waals surface area contributed by atoms with Crippen molar-refractivity contribution in [2.75, 3.05) is 10.6 Å². The number of aryl methyl sites for hydroxylation is 2. The number of aromatic nitrogens is 4. The molecule has 0 aliphatic rings. The SMILES string of the molecule is Cc1ccc(Nc2nncc(Nc3cc(C)on3)n2)cc1. The van der Waals surface area contributed by atoms with E-state index in [1.165, 1.54) is 11.8 Å². The molecule has 7 heteroatoms. The second kappa shape index (κ2) is 5.58. The molecule has 2 N–H and O–H groups in total. The minimum atomic E-state index is 0.407. The highest BCUT2D eigenvalue weighted by molar-refractivity contribution is 5.56. The van der Waals surface area contributed by atoms with E-state index in [2.05, 4.69) is 31.0 Å². The molecule has 3 rings (SSSR count). The van der Waals surface area contributed by atoms with Crippen molar-refractivity contribution in [3.63, 3.8) is 0 Å². The first-order chi connectivity index (χ1) is 10.2. The maximum absolute atomic E-state index is 4.98. The van der Waals surface area contributed by atoms with Crippen LogP contribution in [-0.4, -0.2) is 20.3 Å². The quantitative estimate of drug-likeness (QED) is 0.760. The van der Waals surface area contributed by atoms with Gasteiger partial charge in [-0.3, -0.25) is 0 Å². The molecule has 0 unspecified atom stereocenters. The third kappa shape index (κ3) is 3.33.